The number of carbonyl (C=O) groups excluding carboxylic acids is 1. The highest BCUT2D eigenvalue weighted by atomic mass is 32.2. The van der Waals surface area contributed by atoms with Gasteiger partial charge in [0.05, 0.1) is 16.3 Å². The summed E-state index contributed by atoms with van der Waals surface area (Å²) in [5, 5.41) is 0. The first-order chi connectivity index (χ1) is 15.4. The van der Waals surface area contributed by atoms with Crippen LogP contribution >= 0.6 is 0 Å². The van der Waals surface area contributed by atoms with E-state index in [1.807, 2.05) is 31.2 Å². The second-order valence-corrected chi connectivity index (χ2v) is 13.1. The third kappa shape index (κ3) is 6.09. The fourth-order valence-corrected chi connectivity index (χ4v) is 6.17. The molecule has 1 unspecified atom stereocenters. The van der Waals surface area contributed by atoms with Crippen LogP contribution in [0.2, 0.25) is 0 Å². The van der Waals surface area contributed by atoms with Crippen LogP contribution in [0, 0.1) is 16.2 Å². The van der Waals surface area contributed by atoms with Crippen LogP contribution in [0.5, 0.6) is 5.75 Å². The summed E-state index contributed by atoms with van der Waals surface area (Å²) in [6, 6.07) is 29.1. The summed E-state index contributed by atoms with van der Waals surface area (Å²) in [6.07, 6.45) is 0.756. The zero-order valence-electron chi connectivity index (χ0n) is 21.0. The van der Waals surface area contributed by atoms with Gasteiger partial charge in [0.15, 0.2) is 14.7 Å². The standard InChI is InChI=1S/C30H37O2S/c1-28(2,3)22-30(7,29(4,5)6)27(31)32-23-18-20-26(21-19-23)33(24-14-10-8-11-15-24)25-16-12-9-13-17-25/h8-21H,22H2,1-7H3/q+1. The van der Waals surface area contributed by atoms with Crippen LogP contribution in [0.1, 0.15) is 54.9 Å². The Hall–Kier alpha value is -2.52. The summed E-state index contributed by atoms with van der Waals surface area (Å²) >= 11 is 0. The van der Waals surface area contributed by atoms with Gasteiger partial charge in [-0.15, -0.1) is 0 Å². The summed E-state index contributed by atoms with van der Waals surface area (Å²) in [4.78, 5) is 17.1. The maximum atomic E-state index is 13.4. The molecule has 0 aliphatic carbocycles. The van der Waals surface area contributed by atoms with E-state index in [0.717, 1.165) is 6.42 Å². The highest BCUT2D eigenvalue weighted by Gasteiger charge is 2.48. The third-order valence-corrected chi connectivity index (χ3v) is 8.45. The van der Waals surface area contributed by atoms with Crippen molar-refractivity contribution in [2.24, 2.45) is 16.2 Å². The van der Waals surface area contributed by atoms with E-state index in [0.29, 0.717) is 5.75 Å². The Morgan fingerprint density at radius 3 is 1.48 bits per heavy atom. The van der Waals surface area contributed by atoms with Crippen molar-refractivity contribution in [3.8, 4) is 5.75 Å². The van der Waals surface area contributed by atoms with Crippen molar-refractivity contribution < 1.29 is 9.53 Å². The monoisotopic (exact) mass is 461 g/mol. The molecule has 0 radical (unpaired) electrons. The van der Waals surface area contributed by atoms with Crippen LogP contribution in [0.25, 0.3) is 0 Å². The van der Waals surface area contributed by atoms with Crippen molar-refractivity contribution in [1.29, 1.82) is 0 Å². The van der Waals surface area contributed by atoms with E-state index in [2.05, 4.69) is 102 Å². The molecule has 174 valence electrons. The lowest BCUT2D eigenvalue weighted by Gasteiger charge is -2.43. The minimum absolute atomic E-state index is 0.0185. The molecule has 0 bridgehead atoms. The van der Waals surface area contributed by atoms with Crippen molar-refractivity contribution in [3.05, 3.63) is 84.9 Å². The minimum Gasteiger partial charge on any atom is -0.426 e. The molecule has 0 heterocycles. The molecule has 0 saturated carbocycles. The highest BCUT2D eigenvalue weighted by molar-refractivity contribution is 7.97. The van der Waals surface area contributed by atoms with Crippen LogP contribution in [0.3, 0.4) is 0 Å². The Morgan fingerprint density at radius 1 is 0.667 bits per heavy atom. The summed E-state index contributed by atoms with van der Waals surface area (Å²) in [5.41, 5.74) is -0.794. The molecule has 0 aliphatic rings. The lowest BCUT2D eigenvalue weighted by atomic mass is 9.61. The van der Waals surface area contributed by atoms with Gasteiger partial charge in [-0.2, -0.15) is 0 Å². The van der Waals surface area contributed by atoms with E-state index in [9.17, 15) is 4.79 Å². The molecule has 33 heavy (non-hydrogen) atoms. The Kier molecular flexibility index (Phi) is 7.43. The van der Waals surface area contributed by atoms with Gasteiger partial charge in [-0.3, -0.25) is 4.79 Å². The van der Waals surface area contributed by atoms with E-state index >= 15 is 0 Å². The SMILES string of the molecule is CC(C)(C)CC(C)(C(=O)Oc1ccc([S+](c2ccccc2)c2ccccc2)cc1)C(C)(C)C. The number of carbonyl (C=O) groups is 1. The summed E-state index contributed by atoms with van der Waals surface area (Å²) in [7, 11) is -0.221. The molecule has 0 spiro atoms. The molecular weight excluding hydrogens is 424 g/mol. The lowest BCUT2D eigenvalue weighted by Crippen LogP contribution is -2.45. The Labute approximate surface area is 202 Å². The second kappa shape index (κ2) is 9.77. The maximum absolute atomic E-state index is 13.4. The van der Waals surface area contributed by atoms with E-state index in [1.165, 1.54) is 14.7 Å². The van der Waals surface area contributed by atoms with Crippen LogP contribution in [0.15, 0.2) is 99.6 Å². The van der Waals surface area contributed by atoms with Gasteiger partial charge >= 0.3 is 5.97 Å². The fourth-order valence-electron chi connectivity index (χ4n) is 4.09. The van der Waals surface area contributed by atoms with Crippen LogP contribution in [-0.4, -0.2) is 5.97 Å². The molecule has 3 aromatic rings. The van der Waals surface area contributed by atoms with Gasteiger partial charge in [0.1, 0.15) is 5.75 Å². The van der Waals surface area contributed by atoms with Crippen molar-refractivity contribution in [2.45, 2.75) is 69.6 Å². The number of rotatable bonds is 6. The van der Waals surface area contributed by atoms with E-state index < -0.39 is 5.41 Å². The zero-order chi connectivity index (χ0) is 24.3. The largest absolute Gasteiger partial charge is 0.426 e. The summed E-state index contributed by atoms with van der Waals surface area (Å²) in [6.45, 7) is 14.9. The molecule has 3 heteroatoms. The van der Waals surface area contributed by atoms with Gasteiger partial charge in [0.2, 0.25) is 0 Å². The van der Waals surface area contributed by atoms with Crippen LogP contribution < -0.4 is 4.74 Å². The number of hydrogen-bond acceptors (Lipinski definition) is 2. The number of esters is 1. The normalized spacial score (nSPS) is 14.1. The van der Waals surface area contributed by atoms with E-state index in [1.54, 1.807) is 0 Å². The molecular formula is C30H37O2S+. The van der Waals surface area contributed by atoms with Crippen molar-refractivity contribution >= 4 is 16.9 Å². The van der Waals surface area contributed by atoms with Gasteiger partial charge in [-0.25, -0.2) is 0 Å². The predicted octanol–water partition coefficient (Wildman–Crippen LogP) is 8.18. The average Bonchev–Trinajstić information content (AvgIpc) is 2.75. The Balaban J connectivity index is 1.89. The molecule has 0 saturated heterocycles. The maximum Gasteiger partial charge on any atom is 0.317 e. The van der Waals surface area contributed by atoms with Gasteiger partial charge in [-0.05, 0) is 72.7 Å². The molecule has 0 aromatic heterocycles. The zero-order valence-corrected chi connectivity index (χ0v) is 21.8. The smallest absolute Gasteiger partial charge is 0.317 e. The summed E-state index contributed by atoms with van der Waals surface area (Å²) < 4.78 is 5.96. The third-order valence-electron chi connectivity index (χ3n) is 6.22. The molecule has 2 nitrogen and oxygen atoms in total. The Bertz CT molecular complexity index is 1000. The molecule has 3 rings (SSSR count). The molecule has 1 atom stereocenters. The number of ether oxygens (including phenoxy) is 1. The first-order valence-electron chi connectivity index (χ1n) is 11.6. The second-order valence-electron chi connectivity index (χ2n) is 11.1. The van der Waals surface area contributed by atoms with E-state index in [-0.39, 0.29) is 27.7 Å². The number of hydrogen-bond donors (Lipinski definition) is 0. The van der Waals surface area contributed by atoms with Crippen LogP contribution in [0.4, 0.5) is 0 Å². The molecule has 0 amide bonds. The van der Waals surface area contributed by atoms with Crippen molar-refractivity contribution in [2.75, 3.05) is 0 Å². The van der Waals surface area contributed by atoms with Crippen molar-refractivity contribution in [3.63, 3.8) is 0 Å². The molecule has 0 aliphatic heterocycles. The van der Waals surface area contributed by atoms with Crippen molar-refractivity contribution in [1.82, 2.24) is 0 Å². The van der Waals surface area contributed by atoms with Gasteiger partial charge in [-0.1, -0.05) is 77.9 Å². The molecule has 0 fully saturated rings. The van der Waals surface area contributed by atoms with Crippen LogP contribution in [-0.2, 0) is 15.7 Å². The average molecular weight is 462 g/mol. The molecule has 0 N–H and O–H groups in total. The number of benzene rings is 3. The first kappa shape index (κ1) is 25.1. The predicted molar refractivity (Wildman–Crippen MR) is 139 cm³/mol. The van der Waals surface area contributed by atoms with Gasteiger partial charge in [0.25, 0.3) is 0 Å². The van der Waals surface area contributed by atoms with E-state index in [4.69, 9.17) is 4.74 Å². The topological polar surface area (TPSA) is 26.3 Å². The van der Waals surface area contributed by atoms with Gasteiger partial charge < -0.3 is 4.74 Å². The molecule has 3 aromatic carbocycles. The first-order valence-corrected chi connectivity index (χ1v) is 12.8. The highest BCUT2D eigenvalue weighted by Crippen LogP contribution is 2.47. The fraction of sp³-hybridized carbons (Fsp3) is 0.367. The quantitative estimate of drug-likeness (QED) is 0.210. The summed E-state index contributed by atoms with van der Waals surface area (Å²) in [5.74, 6) is 0.431. The minimum atomic E-state index is -0.595. The lowest BCUT2D eigenvalue weighted by molar-refractivity contribution is -0.154. The van der Waals surface area contributed by atoms with Gasteiger partial charge in [0, 0.05) is 0 Å². The Morgan fingerprint density at radius 2 is 1.09 bits per heavy atom.